The number of carbonyl (C=O) groups excluding carboxylic acids is 4. The minimum absolute atomic E-state index is 0.0364. The lowest BCUT2D eigenvalue weighted by Crippen LogP contribution is -2.59. The highest BCUT2D eigenvalue weighted by molar-refractivity contribution is 7.91. The number of hydrogen-bond acceptors (Lipinski definition) is 9. The smallest absolute Gasteiger partial charge is 0.408 e. The summed E-state index contributed by atoms with van der Waals surface area (Å²) in [5.74, 6) is -1.68. The van der Waals surface area contributed by atoms with Crippen molar-refractivity contribution in [3.8, 4) is 5.75 Å². The Morgan fingerprint density at radius 1 is 0.964 bits per heavy atom. The number of carbonyl (C=O) groups is 4. The summed E-state index contributed by atoms with van der Waals surface area (Å²) in [6.07, 6.45) is 11.7. The van der Waals surface area contributed by atoms with E-state index in [1.54, 1.807) is 6.07 Å². The molecule has 2 bridgehead atoms. The number of nitrogens with one attached hydrogen (secondary N) is 3. The Balaban J connectivity index is 1.12. The van der Waals surface area contributed by atoms with E-state index in [0.717, 1.165) is 87.2 Å². The second-order valence-electron chi connectivity index (χ2n) is 16.8. The number of hydrogen-bond donors (Lipinski definition) is 3. The Labute approximate surface area is 333 Å². The van der Waals surface area contributed by atoms with E-state index in [9.17, 15) is 27.6 Å². The number of halogens is 1. The van der Waals surface area contributed by atoms with Crippen LogP contribution >= 0.6 is 11.6 Å². The zero-order valence-corrected chi connectivity index (χ0v) is 33.3. The van der Waals surface area contributed by atoms with Gasteiger partial charge in [-0.25, -0.2) is 18.2 Å². The van der Waals surface area contributed by atoms with Crippen LogP contribution in [0.3, 0.4) is 0 Å². The van der Waals surface area contributed by atoms with E-state index in [-0.39, 0.29) is 37.3 Å². The summed E-state index contributed by atoms with van der Waals surface area (Å²) in [5, 5.41) is 6.55. The van der Waals surface area contributed by atoms with Crippen molar-refractivity contribution in [2.24, 2.45) is 17.8 Å². The summed E-state index contributed by atoms with van der Waals surface area (Å²) in [6.45, 7) is 3.85. The number of fused-ring (bicyclic) bond motifs is 5. The van der Waals surface area contributed by atoms with Gasteiger partial charge >= 0.3 is 6.09 Å². The summed E-state index contributed by atoms with van der Waals surface area (Å²) in [4.78, 5) is 63.0. The first-order valence-corrected chi connectivity index (χ1v) is 22.4. The van der Waals surface area contributed by atoms with Gasteiger partial charge in [0.2, 0.25) is 21.8 Å². The molecule has 1 aromatic carbocycles. The summed E-state index contributed by atoms with van der Waals surface area (Å²) in [7, 11) is -3.89. The van der Waals surface area contributed by atoms with E-state index < -0.39 is 68.7 Å². The number of ether oxygens (including phenoxy) is 2. The Morgan fingerprint density at radius 2 is 1.71 bits per heavy atom. The molecule has 3 heterocycles. The molecule has 2 aliphatic heterocycles. The molecule has 4 aliphatic carbocycles. The van der Waals surface area contributed by atoms with Gasteiger partial charge in [-0.3, -0.25) is 19.1 Å². The lowest BCUT2D eigenvalue weighted by atomic mass is 9.96. The molecule has 1 aromatic heterocycles. The molecule has 15 heteroatoms. The molecule has 4 amide bonds. The van der Waals surface area contributed by atoms with E-state index in [0.29, 0.717) is 30.0 Å². The van der Waals surface area contributed by atoms with Crippen LogP contribution in [0.5, 0.6) is 5.75 Å². The van der Waals surface area contributed by atoms with E-state index in [2.05, 4.69) is 21.9 Å². The molecule has 0 spiro atoms. The standard InChI is InChI=1S/C41H52ClN5O8S/c1-2-27-22-41(27,39(50)46-56(52,53)30-16-17-30)45-37(48)33-21-29-23-47(33)38(49)36(25-10-6-7-11-25)44-40(51)55-34-14-8-12-24(34)9-4-3-5-13-32-35(54-29)20-26-19-28(42)15-18-31(26)43-32/h2,15,18-20,24-25,27,29-30,33-34,36H,1,3-14,16-17,21-23H2,(H,44,51)(H,45,48)(H,46,50)/t24-,27?,29-,33+,34-,36+,41-/m1/s1. The minimum atomic E-state index is -3.89. The van der Waals surface area contributed by atoms with Crippen LogP contribution in [0.25, 0.3) is 10.9 Å². The van der Waals surface area contributed by atoms with Crippen molar-refractivity contribution >= 4 is 56.3 Å². The molecule has 0 radical (unpaired) electrons. The molecule has 3 N–H and O–H groups in total. The van der Waals surface area contributed by atoms with Crippen LogP contribution < -0.4 is 20.1 Å². The van der Waals surface area contributed by atoms with Gasteiger partial charge in [0.1, 0.15) is 35.6 Å². The van der Waals surface area contributed by atoms with Crippen molar-refractivity contribution in [3.63, 3.8) is 0 Å². The Hall–Kier alpha value is -3.91. The lowest BCUT2D eigenvalue weighted by Gasteiger charge is -2.32. The number of aryl methyl sites for hydroxylation is 1. The van der Waals surface area contributed by atoms with E-state index in [1.165, 1.54) is 11.0 Å². The monoisotopic (exact) mass is 809 g/mol. The Kier molecular flexibility index (Phi) is 11.0. The van der Waals surface area contributed by atoms with Crippen LogP contribution in [0.1, 0.15) is 102 Å². The fourth-order valence-corrected chi connectivity index (χ4v) is 11.1. The zero-order valence-electron chi connectivity index (χ0n) is 31.7. The Bertz CT molecular complexity index is 2000. The fourth-order valence-electron chi connectivity index (χ4n) is 9.54. The molecule has 302 valence electrons. The largest absolute Gasteiger partial charge is 0.487 e. The van der Waals surface area contributed by atoms with E-state index >= 15 is 0 Å². The van der Waals surface area contributed by atoms with Crippen LogP contribution in [-0.2, 0) is 35.6 Å². The van der Waals surface area contributed by atoms with Crippen molar-refractivity contribution in [1.82, 2.24) is 25.2 Å². The second-order valence-corrected chi connectivity index (χ2v) is 19.2. The summed E-state index contributed by atoms with van der Waals surface area (Å²) in [6, 6.07) is 5.42. The van der Waals surface area contributed by atoms with E-state index in [1.807, 2.05) is 18.2 Å². The number of sulfonamides is 1. The third kappa shape index (κ3) is 8.10. The highest BCUT2D eigenvalue weighted by Gasteiger charge is 2.62. The van der Waals surface area contributed by atoms with Crippen molar-refractivity contribution < 1.29 is 37.1 Å². The van der Waals surface area contributed by atoms with Crippen LogP contribution in [0.4, 0.5) is 4.79 Å². The van der Waals surface area contributed by atoms with Crippen LogP contribution in [0.15, 0.2) is 36.9 Å². The van der Waals surface area contributed by atoms with Gasteiger partial charge < -0.3 is 25.0 Å². The number of aromatic nitrogens is 1. The summed E-state index contributed by atoms with van der Waals surface area (Å²) >= 11 is 6.37. The third-order valence-corrected chi connectivity index (χ3v) is 15.0. The fraction of sp³-hybridized carbons (Fsp3) is 0.634. The highest BCUT2D eigenvalue weighted by atomic mass is 35.5. The molecule has 1 saturated heterocycles. The minimum Gasteiger partial charge on any atom is -0.487 e. The summed E-state index contributed by atoms with van der Waals surface area (Å²) in [5.41, 5.74) is 0.0401. The van der Waals surface area contributed by atoms with Gasteiger partial charge in [-0.15, -0.1) is 6.58 Å². The Morgan fingerprint density at radius 3 is 2.46 bits per heavy atom. The molecular formula is C41H52ClN5O8S. The van der Waals surface area contributed by atoms with Gasteiger partial charge in [0, 0.05) is 22.7 Å². The van der Waals surface area contributed by atoms with Crippen LogP contribution in [0, 0.1) is 17.8 Å². The first-order valence-electron chi connectivity index (χ1n) is 20.5. The normalized spacial score (nSPS) is 31.6. The maximum Gasteiger partial charge on any atom is 0.408 e. The molecule has 7 atom stereocenters. The molecule has 13 nitrogen and oxygen atoms in total. The number of rotatable bonds is 7. The number of nitrogens with zero attached hydrogens (tertiary/aromatic N) is 2. The molecular weight excluding hydrogens is 758 g/mol. The SMILES string of the molecule is C=CC1C[C@]1(NC(=O)[C@@H]1C[C@@H]2CN1C(=O)[C@H](C1CCCC1)NC(=O)O[C@@H]1CCC[C@H]1CCCCCc1nc3ccc(Cl)cc3cc1O2)C(=O)NS(=O)(=O)C1CC1. The predicted molar refractivity (Wildman–Crippen MR) is 209 cm³/mol. The van der Waals surface area contributed by atoms with Crippen molar-refractivity contribution in [3.05, 3.63) is 47.6 Å². The van der Waals surface area contributed by atoms with Gasteiger partial charge in [-0.1, -0.05) is 43.4 Å². The highest BCUT2D eigenvalue weighted by Crippen LogP contribution is 2.46. The van der Waals surface area contributed by atoms with Crippen LogP contribution in [-0.4, -0.2) is 83.7 Å². The number of amides is 4. The average molecular weight is 810 g/mol. The van der Waals surface area contributed by atoms with Gasteiger partial charge in [0.05, 0.1) is 23.0 Å². The molecule has 5 fully saturated rings. The first-order chi connectivity index (χ1) is 26.9. The van der Waals surface area contributed by atoms with Crippen molar-refractivity contribution in [2.45, 2.75) is 138 Å². The zero-order chi connectivity index (χ0) is 39.2. The molecule has 6 aliphatic rings. The predicted octanol–water partition coefficient (Wildman–Crippen LogP) is 5.48. The van der Waals surface area contributed by atoms with Gasteiger partial charge in [0.25, 0.3) is 5.91 Å². The number of pyridine rings is 1. The average Bonchev–Trinajstić information content (AvgIpc) is 3.96. The number of alkyl carbamates (subject to hydrolysis) is 1. The second kappa shape index (κ2) is 15.8. The molecule has 4 saturated carbocycles. The van der Waals surface area contributed by atoms with E-state index in [4.69, 9.17) is 26.1 Å². The maximum atomic E-state index is 14.9. The van der Waals surface area contributed by atoms with Gasteiger partial charge in [0.15, 0.2) is 0 Å². The quantitative estimate of drug-likeness (QED) is 0.307. The molecule has 1 unspecified atom stereocenters. The maximum absolute atomic E-state index is 14.9. The molecule has 8 rings (SSSR count). The van der Waals surface area contributed by atoms with Gasteiger partial charge in [-0.2, -0.15) is 0 Å². The van der Waals surface area contributed by atoms with Crippen LogP contribution in [0.2, 0.25) is 5.02 Å². The topological polar surface area (TPSA) is 173 Å². The molecule has 56 heavy (non-hydrogen) atoms. The van der Waals surface area contributed by atoms with Crippen molar-refractivity contribution in [2.75, 3.05) is 6.54 Å². The van der Waals surface area contributed by atoms with Gasteiger partial charge in [-0.05, 0) is 107 Å². The first kappa shape index (κ1) is 38.9. The number of benzene rings is 1. The lowest BCUT2D eigenvalue weighted by molar-refractivity contribution is -0.142. The molecule has 2 aromatic rings. The summed E-state index contributed by atoms with van der Waals surface area (Å²) < 4.78 is 40.5. The third-order valence-electron chi connectivity index (χ3n) is 13.0. The van der Waals surface area contributed by atoms with Crippen molar-refractivity contribution in [1.29, 1.82) is 0 Å².